The predicted octanol–water partition coefficient (Wildman–Crippen LogP) is 3.90. The first-order valence-corrected chi connectivity index (χ1v) is 12.2. The maximum absolute atomic E-state index is 12.5. The number of rotatable bonds is 11. The second-order valence-corrected chi connectivity index (χ2v) is 10.1. The van der Waals surface area contributed by atoms with Crippen LogP contribution in [0.2, 0.25) is 0 Å². The molecule has 3 atom stereocenters. The molecule has 3 rings (SSSR count). The van der Waals surface area contributed by atoms with Crippen molar-refractivity contribution in [2.45, 2.75) is 44.9 Å². The van der Waals surface area contributed by atoms with Gasteiger partial charge in [0.25, 0.3) is 0 Å². The Morgan fingerprint density at radius 3 is 2.73 bits per heavy atom. The van der Waals surface area contributed by atoms with Crippen LogP contribution in [0, 0.1) is 17.8 Å². The first-order chi connectivity index (χ1) is 14.4. The van der Waals surface area contributed by atoms with Crippen molar-refractivity contribution in [2.24, 2.45) is 17.8 Å². The lowest BCUT2D eigenvalue weighted by Crippen LogP contribution is -2.24. The number of aliphatic carboxylic acids is 1. The van der Waals surface area contributed by atoms with E-state index in [1.807, 2.05) is 24.3 Å². The Morgan fingerprint density at radius 1 is 1.27 bits per heavy atom. The van der Waals surface area contributed by atoms with Gasteiger partial charge in [0.15, 0.2) is 0 Å². The molecule has 2 aliphatic carbocycles. The van der Waals surface area contributed by atoms with E-state index in [9.17, 15) is 13.2 Å². The van der Waals surface area contributed by atoms with Gasteiger partial charge in [0.2, 0.25) is 10.0 Å². The van der Waals surface area contributed by atoms with Gasteiger partial charge in [-0.05, 0) is 73.6 Å². The van der Waals surface area contributed by atoms with Crippen LogP contribution in [-0.2, 0) is 21.2 Å². The topological polar surface area (TPSA) is 92.7 Å². The molecule has 2 saturated carbocycles. The Labute approximate surface area is 179 Å². The van der Waals surface area contributed by atoms with Crippen LogP contribution in [0.4, 0.5) is 0 Å². The minimum atomic E-state index is -3.41. The van der Waals surface area contributed by atoms with Crippen LogP contribution in [-0.4, -0.2) is 32.4 Å². The van der Waals surface area contributed by atoms with Crippen molar-refractivity contribution in [3.8, 4) is 5.75 Å². The van der Waals surface area contributed by atoms with E-state index >= 15 is 0 Å². The minimum absolute atomic E-state index is 0.0346. The number of unbranched alkanes of at least 4 members (excludes halogenated alkanes) is 1. The third-order valence-electron chi connectivity index (χ3n) is 6.17. The normalized spacial score (nSPS) is 24.6. The number of fused-ring (bicyclic) bond motifs is 2. The zero-order valence-electron chi connectivity index (χ0n) is 17.4. The standard InChI is InChI=1S/C23H31NO5S/c1-29-20-11-7-17(8-12-20)13-14-30(27,28)24-16-22-19-10-9-18(15-19)21(22)5-3-2-4-6-23(25)26/h3,5,7-8,11-12,16,18-19,21,24H,2,4,6,9-10,13-15H2,1H3,(H,25,26). The summed E-state index contributed by atoms with van der Waals surface area (Å²) in [5.74, 6) is 1.30. The van der Waals surface area contributed by atoms with Crippen LogP contribution in [0.3, 0.4) is 0 Å². The number of benzene rings is 1. The molecule has 1 aromatic rings. The largest absolute Gasteiger partial charge is 0.497 e. The number of carboxylic acids is 1. The minimum Gasteiger partial charge on any atom is -0.497 e. The molecule has 6 nitrogen and oxygen atoms in total. The van der Waals surface area contributed by atoms with Gasteiger partial charge in [-0.1, -0.05) is 24.3 Å². The number of carboxylic acid groups (broad SMARTS) is 1. The quantitative estimate of drug-likeness (QED) is 0.408. The summed E-state index contributed by atoms with van der Waals surface area (Å²) in [7, 11) is -1.81. The van der Waals surface area contributed by atoms with E-state index < -0.39 is 16.0 Å². The van der Waals surface area contributed by atoms with E-state index in [4.69, 9.17) is 9.84 Å². The Hall–Kier alpha value is -2.28. The molecule has 3 unspecified atom stereocenters. The number of aryl methyl sites for hydroxylation is 1. The van der Waals surface area contributed by atoms with Crippen LogP contribution in [0.5, 0.6) is 5.75 Å². The number of methoxy groups -OCH3 is 1. The molecule has 164 valence electrons. The highest BCUT2D eigenvalue weighted by molar-refractivity contribution is 7.89. The molecule has 2 aliphatic rings. The summed E-state index contributed by atoms with van der Waals surface area (Å²) in [5.41, 5.74) is 2.13. The molecule has 0 heterocycles. The van der Waals surface area contributed by atoms with Gasteiger partial charge in [0.1, 0.15) is 5.75 Å². The molecule has 0 aliphatic heterocycles. The number of sulfonamides is 1. The summed E-state index contributed by atoms with van der Waals surface area (Å²) in [4.78, 5) is 10.6. The van der Waals surface area contributed by atoms with Crippen molar-refractivity contribution >= 4 is 16.0 Å². The van der Waals surface area contributed by atoms with Crippen molar-refractivity contribution in [2.75, 3.05) is 12.9 Å². The van der Waals surface area contributed by atoms with Crippen LogP contribution in [0.1, 0.15) is 44.1 Å². The van der Waals surface area contributed by atoms with Gasteiger partial charge in [-0.2, -0.15) is 0 Å². The summed E-state index contributed by atoms with van der Waals surface area (Å²) in [5, 5.41) is 8.73. The number of nitrogens with one attached hydrogen (secondary N) is 1. The molecule has 0 radical (unpaired) electrons. The van der Waals surface area contributed by atoms with Crippen molar-refractivity contribution in [3.63, 3.8) is 0 Å². The summed E-state index contributed by atoms with van der Waals surface area (Å²) < 4.78 is 32.8. The molecule has 2 fully saturated rings. The molecule has 0 spiro atoms. The number of allylic oxidation sites excluding steroid dienone is 3. The van der Waals surface area contributed by atoms with Crippen LogP contribution < -0.4 is 9.46 Å². The molecule has 1 aromatic carbocycles. The lowest BCUT2D eigenvalue weighted by Gasteiger charge is -2.22. The van der Waals surface area contributed by atoms with Crippen molar-refractivity contribution in [3.05, 3.63) is 53.8 Å². The fourth-order valence-corrected chi connectivity index (χ4v) is 5.49. The number of ether oxygens (including phenoxy) is 1. The predicted molar refractivity (Wildman–Crippen MR) is 117 cm³/mol. The molecular weight excluding hydrogens is 402 g/mol. The summed E-state index contributed by atoms with van der Waals surface area (Å²) >= 11 is 0. The third-order valence-corrected chi connectivity index (χ3v) is 7.38. The monoisotopic (exact) mass is 433 g/mol. The Kier molecular flexibility index (Phi) is 7.58. The number of hydrogen-bond acceptors (Lipinski definition) is 4. The molecule has 30 heavy (non-hydrogen) atoms. The van der Waals surface area contributed by atoms with Crippen molar-refractivity contribution in [1.82, 2.24) is 4.72 Å². The van der Waals surface area contributed by atoms with Crippen molar-refractivity contribution in [1.29, 1.82) is 0 Å². The average molecular weight is 434 g/mol. The van der Waals surface area contributed by atoms with Crippen LogP contribution >= 0.6 is 0 Å². The van der Waals surface area contributed by atoms with E-state index in [-0.39, 0.29) is 18.1 Å². The highest BCUT2D eigenvalue weighted by Crippen LogP contribution is 2.52. The number of carbonyl (C=O) groups is 1. The molecule has 2 N–H and O–H groups in total. The average Bonchev–Trinajstić information content (AvgIpc) is 3.32. The van der Waals surface area contributed by atoms with E-state index in [1.165, 1.54) is 12.0 Å². The van der Waals surface area contributed by atoms with Crippen LogP contribution in [0.15, 0.2) is 48.2 Å². The van der Waals surface area contributed by atoms with Gasteiger partial charge in [0, 0.05) is 18.5 Å². The van der Waals surface area contributed by atoms with E-state index in [1.54, 1.807) is 13.3 Å². The van der Waals surface area contributed by atoms with E-state index in [2.05, 4.69) is 16.9 Å². The van der Waals surface area contributed by atoms with E-state index in [0.717, 1.165) is 30.6 Å². The maximum Gasteiger partial charge on any atom is 0.303 e. The highest BCUT2D eigenvalue weighted by Gasteiger charge is 2.42. The Morgan fingerprint density at radius 2 is 2.03 bits per heavy atom. The van der Waals surface area contributed by atoms with Gasteiger partial charge in [-0.15, -0.1) is 0 Å². The van der Waals surface area contributed by atoms with Gasteiger partial charge in [0.05, 0.1) is 12.9 Å². The van der Waals surface area contributed by atoms with Crippen molar-refractivity contribution < 1.29 is 23.1 Å². The fourth-order valence-electron chi connectivity index (χ4n) is 4.55. The number of hydrogen-bond donors (Lipinski definition) is 2. The zero-order chi connectivity index (χ0) is 21.6. The molecular formula is C23H31NO5S. The molecule has 0 saturated heterocycles. The Bertz CT molecular complexity index is 889. The van der Waals surface area contributed by atoms with E-state index in [0.29, 0.717) is 24.7 Å². The highest BCUT2D eigenvalue weighted by atomic mass is 32.2. The molecule has 2 bridgehead atoms. The lowest BCUT2D eigenvalue weighted by atomic mass is 9.84. The zero-order valence-corrected chi connectivity index (χ0v) is 18.2. The maximum atomic E-state index is 12.5. The Balaban J connectivity index is 1.56. The first-order valence-electron chi connectivity index (χ1n) is 10.6. The van der Waals surface area contributed by atoms with Gasteiger partial charge >= 0.3 is 5.97 Å². The summed E-state index contributed by atoms with van der Waals surface area (Å²) in [6.07, 6.45) is 11.3. The summed E-state index contributed by atoms with van der Waals surface area (Å²) in [6, 6.07) is 7.43. The second-order valence-electron chi connectivity index (χ2n) is 8.19. The smallest absolute Gasteiger partial charge is 0.303 e. The van der Waals surface area contributed by atoms with Gasteiger partial charge in [-0.3, -0.25) is 9.52 Å². The fraction of sp³-hybridized carbons (Fsp3) is 0.522. The van der Waals surface area contributed by atoms with Crippen LogP contribution in [0.25, 0.3) is 0 Å². The van der Waals surface area contributed by atoms with Gasteiger partial charge in [-0.25, -0.2) is 8.42 Å². The summed E-state index contributed by atoms with van der Waals surface area (Å²) in [6.45, 7) is 0. The van der Waals surface area contributed by atoms with Gasteiger partial charge < -0.3 is 9.84 Å². The first kappa shape index (κ1) is 22.4. The second kappa shape index (κ2) is 10.2. The lowest BCUT2D eigenvalue weighted by molar-refractivity contribution is -0.137. The SMILES string of the molecule is COc1ccc(CCS(=O)(=O)NC=C2C3CCC(C3)C2C=CCCCC(=O)O)cc1. The third kappa shape index (κ3) is 6.11. The molecule has 0 aromatic heterocycles. The molecule has 7 heteroatoms. The molecule has 0 amide bonds.